The topological polar surface area (TPSA) is 6.48 Å². The Morgan fingerprint density at radius 2 is 0.897 bits per heavy atom. The summed E-state index contributed by atoms with van der Waals surface area (Å²) in [5.74, 6) is 0. The zero-order valence-electron chi connectivity index (χ0n) is 32.9. The van der Waals surface area contributed by atoms with Gasteiger partial charge in [-0.15, -0.1) is 0 Å². The number of nitrogens with zero attached hydrogens (tertiary/aromatic N) is 2. The highest BCUT2D eigenvalue weighted by Gasteiger charge is 2.37. The number of para-hydroxylation sites is 3. The van der Waals surface area contributed by atoms with Gasteiger partial charge >= 0.3 is 0 Å². The third kappa shape index (κ3) is 5.24. The van der Waals surface area contributed by atoms with E-state index in [-0.39, 0.29) is 0 Å². The van der Waals surface area contributed by atoms with E-state index in [0.29, 0.717) is 0 Å². The summed E-state index contributed by atoms with van der Waals surface area (Å²) in [5, 5.41) is 10.6. The maximum absolute atomic E-state index is 2.50. The minimum Gasteiger partial charge on any atom is -0.310 e. The zero-order chi connectivity index (χ0) is 39.0. The number of aryl methyl sites for hydroxylation is 1. The fourth-order valence-electron chi connectivity index (χ4n) is 9.73. The fourth-order valence-corrected chi connectivity index (χ4v) is 12.8. The van der Waals surface area contributed by atoms with Crippen molar-refractivity contribution in [2.75, 3.05) is 9.80 Å². The monoisotopic (exact) mass is 758 g/mol. The molecule has 0 unspecified atom stereocenters. The van der Waals surface area contributed by atoms with Crippen molar-refractivity contribution in [3.8, 4) is 22.3 Å². The molecule has 10 aromatic rings. The summed E-state index contributed by atoms with van der Waals surface area (Å²) in [6.45, 7) is 7.22. The van der Waals surface area contributed by atoms with Gasteiger partial charge in [-0.3, -0.25) is 0 Å². The van der Waals surface area contributed by atoms with Crippen LogP contribution in [0.15, 0.2) is 200 Å². The Bertz CT molecular complexity index is 3170. The Hall–Kier alpha value is -6.94. The van der Waals surface area contributed by atoms with Crippen molar-refractivity contribution in [1.82, 2.24) is 0 Å². The first kappa shape index (κ1) is 34.3. The van der Waals surface area contributed by atoms with E-state index in [9.17, 15) is 0 Å². The Morgan fingerprint density at radius 1 is 0.362 bits per heavy atom. The van der Waals surface area contributed by atoms with Crippen LogP contribution in [-0.2, 0) is 0 Å². The van der Waals surface area contributed by atoms with Gasteiger partial charge in [-0.25, -0.2) is 0 Å². The second kappa shape index (κ2) is 13.3. The molecule has 11 rings (SSSR count). The first-order valence-electron chi connectivity index (χ1n) is 20.3. The number of anilines is 6. The van der Waals surface area contributed by atoms with Crippen molar-refractivity contribution in [1.29, 1.82) is 0 Å². The lowest BCUT2D eigenvalue weighted by atomic mass is 9.91. The summed E-state index contributed by atoms with van der Waals surface area (Å²) in [5.41, 5.74) is 13.4. The van der Waals surface area contributed by atoms with E-state index in [1.165, 1.54) is 87.6 Å². The summed E-state index contributed by atoms with van der Waals surface area (Å²) in [6.07, 6.45) is 0. The van der Waals surface area contributed by atoms with Crippen LogP contribution in [-0.4, -0.2) is 8.07 Å². The normalized spacial score (nSPS) is 12.9. The molecule has 0 radical (unpaired) electrons. The summed E-state index contributed by atoms with van der Waals surface area (Å²) >= 11 is 0. The highest BCUT2D eigenvalue weighted by molar-refractivity contribution is 7.03. The summed E-state index contributed by atoms with van der Waals surface area (Å²) in [6, 6.07) is 74.1. The third-order valence-electron chi connectivity index (χ3n) is 12.5. The molecule has 1 aliphatic rings. The molecule has 10 aromatic carbocycles. The van der Waals surface area contributed by atoms with E-state index < -0.39 is 8.07 Å². The van der Waals surface area contributed by atoms with E-state index in [1.54, 1.807) is 0 Å². The summed E-state index contributed by atoms with van der Waals surface area (Å²) in [7, 11) is -1.90. The molecular formula is C55H42N2Si. The van der Waals surface area contributed by atoms with Crippen molar-refractivity contribution < 1.29 is 0 Å². The molecule has 0 amide bonds. The van der Waals surface area contributed by atoms with E-state index in [2.05, 4.69) is 230 Å². The lowest BCUT2D eigenvalue weighted by Gasteiger charge is -2.31. The lowest BCUT2D eigenvalue weighted by Crippen LogP contribution is -2.49. The summed E-state index contributed by atoms with van der Waals surface area (Å²) < 4.78 is 0. The van der Waals surface area contributed by atoms with Gasteiger partial charge in [0.1, 0.15) is 8.07 Å². The number of benzene rings is 10. The van der Waals surface area contributed by atoms with Gasteiger partial charge in [0.2, 0.25) is 0 Å². The fraction of sp³-hybridized carbons (Fsp3) is 0.0545. The molecule has 0 bridgehead atoms. The molecule has 0 atom stereocenters. The highest BCUT2D eigenvalue weighted by atomic mass is 28.3. The van der Waals surface area contributed by atoms with Gasteiger partial charge in [-0.05, 0) is 110 Å². The molecule has 2 nitrogen and oxygen atoms in total. The molecule has 0 saturated carbocycles. The van der Waals surface area contributed by atoms with E-state index in [1.807, 2.05) is 0 Å². The van der Waals surface area contributed by atoms with Crippen LogP contribution in [0.3, 0.4) is 0 Å². The highest BCUT2D eigenvalue weighted by Crippen LogP contribution is 2.49. The van der Waals surface area contributed by atoms with Crippen LogP contribution in [0.1, 0.15) is 5.56 Å². The van der Waals surface area contributed by atoms with Crippen LogP contribution in [0.5, 0.6) is 0 Å². The molecule has 0 saturated heterocycles. The molecule has 0 aliphatic carbocycles. The van der Waals surface area contributed by atoms with Crippen molar-refractivity contribution in [3.05, 3.63) is 206 Å². The second-order valence-corrected chi connectivity index (χ2v) is 20.5. The molecule has 1 heterocycles. The van der Waals surface area contributed by atoms with Gasteiger partial charge < -0.3 is 9.80 Å². The first-order chi connectivity index (χ1) is 28.5. The molecule has 0 N–H and O–H groups in total. The van der Waals surface area contributed by atoms with Crippen molar-refractivity contribution in [2.24, 2.45) is 0 Å². The van der Waals surface area contributed by atoms with E-state index >= 15 is 0 Å². The maximum atomic E-state index is 2.50. The van der Waals surface area contributed by atoms with Crippen LogP contribution in [0.4, 0.5) is 34.1 Å². The predicted octanol–water partition coefficient (Wildman–Crippen LogP) is 14.3. The lowest BCUT2D eigenvalue weighted by molar-refractivity contribution is 1.26. The maximum Gasteiger partial charge on any atom is 0.113 e. The molecule has 3 heteroatoms. The van der Waals surface area contributed by atoms with Crippen LogP contribution < -0.4 is 20.2 Å². The quantitative estimate of drug-likeness (QED) is 0.118. The SMILES string of the molecule is Cc1ccccc1N(c1ccccc1-c1ccccc1)c1ccc2ccc3c(N(c4ccccc4)c4ccc5c(c4)[Si](C)(C)c4ccccc4-5)ccc4ccc1c2c43. The minimum atomic E-state index is -1.90. The number of fused-ring (bicyclic) bond motifs is 3. The van der Waals surface area contributed by atoms with Gasteiger partial charge in [0.15, 0.2) is 0 Å². The van der Waals surface area contributed by atoms with Gasteiger partial charge in [0, 0.05) is 33.4 Å². The minimum absolute atomic E-state index is 1.15. The number of rotatable bonds is 7. The summed E-state index contributed by atoms with van der Waals surface area (Å²) in [4.78, 5) is 4.96. The van der Waals surface area contributed by atoms with Crippen LogP contribution in [0.2, 0.25) is 13.1 Å². The van der Waals surface area contributed by atoms with Gasteiger partial charge in [0.05, 0.1) is 17.1 Å². The van der Waals surface area contributed by atoms with Gasteiger partial charge in [-0.1, -0.05) is 165 Å². The van der Waals surface area contributed by atoms with E-state index in [4.69, 9.17) is 0 Å². The van der Waals surface area contributed by atoms with Gasteiger partial charge in [-0.2, -0.15) is 0 Å². The first-order valence-corrected chi connectivity index (χ1v) is 23.3. The molecule has 276 valence electrons. The van der Waals surface area contributed by atoms with Crippen molar-refractivity contribution in [3.63, 3.8) is 0 Å². The standard InChI is InChI=1S/C55H42N2Si/c1-37-16-10-13-23-48(37)57(49-24-14-11-21-43(49)38-17-6-4-7-18-38)51-35-29-40-26-31-46-50(34-28-39-27-32-47(51)55(40)54(39)46)56(41-19-8-5-9-20-41)42-30-33-45-44-22-12-15-25-52(44)58(2,3)53(45)36-42/h4-36H,1-3H3. The van der Waals surface area contributed by atoms with Crippen LogP contribution in [0, 0.1) is 6.92 Å². The Labute approximate surface area is 341 Å². The van der Waals surface area contributed by atoms with Crippen molar-refractivity contribution in [2.45, 2.75) is 20.0 Å². The smallest absolute Gasteiger partial charge is 0.113 e. The Kier molecular flexibility index (Phi) is 7.89. The average Bonchev–Trinajstić information content (AvgIpc) is 3.50. The average molecular weight is 759 g/mol. The Balaban J connectivity index is 1.15. The predicted molar refractivity (Wildman–Crippen MR) is 252 cm³/mol. The Morgan fingerprint density at radius 3 is 1.59 bits per heavy atom. The van der Waals surface area contributed by atoms with Crippen LogP contribution >= 0.6 is 0 Å². The molecule has 0 aromatic heterocycles. The third-order valence-corrected chi connectivity index (χ3v) is 16.1. The molecule has 1 aliphatic heterocycles. The largest absolute Gasteiger partial charge is 0.310 e. The number of hydrogen-bond donors (Lipinski definition) is 0. The molecule has 0 fully saturated rings. The molecular weight excluding hydrogens is 717 g/mol. The second-order valence-electron chi connectivity index (χ2n) is 16.2. The molecule has 0 spiro atoms. The van der Waals surface area contributed by atoms with Crippen molar-refractivity contribution >= 4 is 84.9 Å². The zero-order valence-corrected chi connectivity index (χ0v) is 33.9. The molecule has 58 heavy (non-hydrogen) atoms. The number of hydrogen-bond acceptors (Lipinski definition) is 2. The van der Waals surface area contributed by atoms with E-state index in [0.717, 1.165) is 17.1 Å². The van der Waals surface area contributed by atoms with Gasteiger partial charge in [0.25, 0.3) is 0 Å². The van der Waals surface area contributed by atoms with Crippen LogP contribution in [0.25, 0.3) is 54.6 Å².